The third-order valence-electron chi connectivity index (χ3n) is 3.33. The van der Waals surface area contributed by atoms with Crippen LogP contribution in [0.3, 0.4) is 0 Å². The van der Waals surface area contributed by atoms with E-state index in [1.807, 2.05) is 0 Å². The maximum atomic E-state index is 12.4. The van der Waals surface area contributed by atoms with E-state index < -0.39 is 45.1 Å². The van der Waals surface area contributed by atoms with Gasteiger partial charge < -0.3 is 15.2 Å². The first-order valence-electron chi connectivity index (χ1n) is 7.06. The Bertz CT molecular complexity index is 735. The van der Waals surface area contributed by atoms with Crippen molar-refractivity contribution in [1.82, 2.24) is 15.3 Å². The molecule has 0 aromatic heterocycles. The molecule has 1 atom stereocenters. The molecule has 2 aliphatic heterocycles. The van der Waals surface area contributed by atoms with E-state index in [4.69, 9.17) is 4.74 Å². The Morgan fingerprint density at radius 3 is 2.38 bits per heavy atom. The van der Waals surface area contributed by atoms with Gasteiger partial charge in [0.2, 0.25) is 0 Å². The van der Waals surface area contributed by atoms with E-state index in [1.165, 1.54) is 5.01 Å². The zero-order chi connectivity index (χ0) is 18.4. The minimum absolute atomic E-state index is 0.0477. The van der Waals surface area contributed by atoms with Crippen LogP contribution in [-0.2, 0) is 24.2 Å². The number of amides is 2. The predicted molar refractivity (Wildman–Crippen MR) is 81.1 cm³/mol. The van der Waals surface area contributed by atoms with Gasteiger partial charge in [-0.2, -0.15) is 0 Å². The summed E-state index contributed by atoms with van der Waals surface area (Å²) in [7, 11) is -3.78. The molecule has 1 saturated heterocycles. The highest BCUT2D eigenvalue weighted by Crippen LogP contribution is 2.31. The molecule has 1 fully saturated rings. The Morgan fingerprint density at radius 1 is 1.33 bits per heavy atom. The highest BCUT2D eigenvalue weighted by molar-refractivity contribution is 7.94. The van der Waals surface area contributed by atoms with Gasteiger partial charge in [0.15, 0.2) is 15.5 Å². The second-order valence-electron chi connectivity index (χ2n) is 6.55. The Labute approximate surface area is 138 Å². The van der Waals surface area contributed by atoms with Crippen LogP contribution in [0.4, 0.5) is 4.79 Å². The number of carbonyl (C=O) groups is 3. The number of fused-ring (bicyclic) bond motifs is 1. The molecule has 2 rings (SSSR count). The number of ether oxygens (including phenoxy) is 1. The zero-order valence-electron chi connectivity index (χ0n) is 13.7. The molecule has 0 aromatic carbocycles. The number of aliphatic carboxylic acids is 1. The van der Waals surface area contributed by atoms with Crippen LogP contribution >= 0.6 is 0 Å². The van der Waals surface area contributed by atoms with Crippen molar-refractivity contribution in [3.8, 4) is 0 Å². The first-order chi connectivity index (χ1) is 10.8. The van der Waals surface area contributed by atoms with Crippen molar-refractivity contribution < 1.29 is 32.6 Å². The molecule has 0 aromatic rings. The molecule has 134 valence electrons. The molecular weight excluding hydrogens is 342 g/mol. The van der Waals surface area contributed by atoms with Crippen LogP contribution in [-0.4, -0.2) is 72.5 Å². The fourth-order valence-electron chi connectivity index (χ4n) is 2.46. The summed E-state index contributed by atoms with van der Waals surface area (Å²) in [4.78, 5) is 35.2. The van der Waals surface area contributed by atoms with Crippen molar-refractivity contribution >= 4 is 27.8 Å². The average molecular weight is 361 g/mol. The molecule has 0 unspecified atom stereocenters. The van der Waals surface area contributed by atoms with Gasteiger partial charge in [-0.15, -0.1) is 0 Å². The summed E-state index contributed by atoms with van der Waals surface area (Å²) >= 11 is 0. The van der Waals surface area contributed by atoms with Crippen LogP contribution < -0.4 is 5.32 Å². The summed E-state index contributed by atoms with van der Waals surface area (Å²) in [5.41, 5.74) is -1.35. The molecule has 11 heteroatoms. The number of alkyl carbamates (subject to hydrolysis) is 1. The summed E-state index contributed by atoms with van der Waals surface area (Å²) in [6, 6.07) is -1.02. The second kappa shape index (κ2) is 5.74. The molecule has 0 bridgehead atoms. The standard InChI is InChI=1S/C13H19N3O7S/c1-13(2,3)23-12(20)14-7-5-15-6-8(24(4,21)22)9(11(18)19)16(15)10(7)17/h7H,5-6H2,1-4H3,(H,14,20)(H,18,19)/t7-/m1/s1. The number of carbonyl (C=O) groups excluding carboxylic acids is 2. The second-order valence-corrected chi connectivity index (χ2v) is 8.58. The van der Waals surface area contributed by atoms with E-state index in [0.717, 1.165) is 11.3 Å². The van der Waals surface area contributed by atoms with Gasteiger partial charge >= 0.3 is 12.1 Å². The first kappa shape index (κ1) is 18.2. The van der Waals surface area contributed by atoms with Crippen molar-refractivity contribution in [2.75, 3.05) is 19.3 Å². The lowest BCUT2D eigenvalue weighted by atomic mass is 10.2. The molecule has 0 spiro atoms. The van der Waals surface area contributed by atoms with E-state index in [1.54, 1.807) is 20.8 Å². The lowest BCUT2D eigenvalue weighted by Crippen LogP contribution is -2.45. The van der Waals surface area contributed by atoms with Gasteiger partial charge in [-0.05, 0) is 20.8 Å². The minimum Gasteiger partial charge on any atom is -0.476 e. The van der Waals surface area contributed by atoms with E-state index in [2.05, 4.69) is 5.32 Å². The fourth-order valence-corrected chi connectivity index (χ4v) is 3.37. The SMILES string of the molecule is CC(C)(C)OC(=O)N[C@@H]1CN2CC(S(C)(=O)=O)=C(C(=O)O)N2C1=O. The number of hydrazine groups is 1. The zero-order valence-corrected chi connectivity index (χ0v) is 14.5. The lowest BCUT2D eigenvalue weighted by molar-refractivity contribution is -0.143. The van der Waals surface area contributed by atoms with Crippen molar-refractivity contribution in [2.45, 2.75) is 32.4 Å². The van der Waals surface area contributed by atoms with Crippen molar-refractivity contribution in [3.05, 3.63) is 10.6 Å². The lowest BCUT2D eigenvalue weighted by Gasteiger charge is -2.21. The third kappa shape index (κ3) is 3.51. The van der Waals surface area contributed by atoms with Crippen molar-refractivity contribution in [3.63, 3.8) is 0 Å². The Kier molecular flexibility index (Phi) is 4.35. The number of nitrogens with zero attached hydrogens (tertiary/aromatic N) is 2. The Balaban J connectivity index is 2.22. The summed E-state index contributed by atoms with van der Waals surface area (Å²) in [5.74, 6) is -2.25. The molecule has 0 saturated carbocycles. The van der Waals surface area contributed by atoms with Gasteiger partial charge in [-0.25, -0.2) is 28.0 Å². The maximum absolute atomic E-state index is 12.4. The highest BCUT2D eigenvalue weighted by Gasteiger charge is 2.50. The van der Waals surface area contributed by atoms with Crippen LogP contribution in [0.5, 0.6) is 0 Å². The van der Waals surface area contributed by atoms with Gasteiger partial charge in [0, 0.05) is 12.8 Å². The van der Waals surface area contributed by atoms with Crippen LogP contribution in [0.25, 0.3) is 0 Å². The summed E-state index contributed by atoms with van der Waals surface area (Å²) in [5, 5.41) is 13.7. The Hall–Kier alpha value is -2.14. The quantitative estimate of drug-likeness (QED) is 0.674. The minimum atomic E-state index is -3.78. The highest BCUT2D eigenvalue weighted by atomic mass is 32.2. The average Bonchev–Trinajstić information content (AvgIpc) is 2.85. The molecule has 24 heavy (non-hydrogen) atoms. The van der Waals surface area contributed by atoms with Gasteiger partial charge in [0.05, 0.1) is 11.4 Å². The molecule has 2 heterocycles. The Morgan fingerprint density at radius 2 is 1.92 bits per heavy atom. The fraction of sp³-hybridized carbons (Fsp3) is 0.615. The normalized spacial score (nSPS) is 21.9. The van der Waals surface area contributed by atoms with Gasteiger partial charge in [0.25, 0.3) is 5.91 Å². The molecule has 2 N–H and O–H groups in total. The number of carboxylic acids is 1. The van der Waals surface area contributed by atoms with Gasteiger partial charge in [-0.1, -0.05) is 0 Å². The van der Waals surface area contributed by atoms with Gasteiger partial charge in [-0.3, -0.25) is 4.79 Å². The number of carboxylic acid groups (broad SMARTS) is 1. The number of rotatable bonds is 3. The molecular formula is C13H19N3O7S. The summed E-state index contributed by atoms with van der Waals surface area (Å²) < 4.78 is 28.5. The largest absolute Gasteiger partial charge is 0.476 e. The molecule has 0 aliphatic carbocycles. The maximum Gasteiger partial charge on any atom is 0.408 e. The van der Waals surface area contributed by atoms with E-state index in [9.17, 15) is 27.9 Å². The van der Waals surface area contributed by atoms with Crippen LogP contribution in [0.1, 0.15) is 20.8 Å². The smallest absolute Gasteiger partial charge is 0.408 e. The van der Waals surface area contributed by atoms with Crippen LogP contribution in [0.15, 0.2) is 10.6 Å². The van der Waals surface area contributed by atoms with E-state index in [0.29, 0.717) is 0 Å². The molecule has 0 radical (unpaired) electrons. The molecule has 10 nitrogen and oxygen atoms in total. The van der Waals surface area contributed by atoms with E-state index >= 15 is 0 Å². The summed E-state index contributed by atoms with van der Waals surface area (Å²) in [6.07, 6.45) is 0.0718. The number of sulfone groups is 1. The van der Waals surface area contributed by atoms with Crippen molar-refractivity contribution in [2.24, 2.45) is 0 Å². The van der Waals surface area contributed by atoms with E-state index in [-0.39, 0.29) is 18.0 Å². The van der Waals surface area contributed by atoms with Crippen LogP contribution in [0.2, 0.25) is 0 Å². The third-order valence-corrected chi connectivity index (χ3v) is 4.54. The van der Waals surface area contributed by atoms with Gasteiger partial charge in [0.1, 0.15) is 11.6 Å². The number of nitrogens with one attached hydrogen (secondary N) is 1. The predicted octanol–water partition coefficient (Wildman–Crippen LogP) is -0.707. The van der Waals surface area contributed by atoms with Crippen molar-refractivity contribution in [1.29, 1.82) is 0 Å². The molecule has 2 aliphatic rings. The van der Waals surface area contributed by atoms with Crippen LogP contribution in [0, 0.1) is 0 Å². The topological polar surface area (TPSA) is 133 Å². The number of hydrogen-bond donors (Lipinski definition) is 2. The monoisotopic (exact) mass is 361 g/mol. The summed E-state index contributed by atoms with van der Waals surface area (Å²) in [6.45, 7) is 4.70. The number of hydrogen-bond acceptors (Lipinski definition) is 7. The molecule has 2 amide bonds. The first-order valence-corrected chi connectivity index (χ1v) is 8.95.